The molecule has 0 atom stereocenters. The molecule has 1 saturated heterocycles. The Kier molecular flexibility index (Phi) is 6.06. The number of hydrogen-bond donors (Lipinski definition) is 2. The van der Waals surface area contributed by atoms with Crippen LogP contribution in [0.3, 0.4) is 0 Å². The van der Waals surface area contributed by atoms with Gasteiger partial charge in [0.1, 0.15) is 5.56 Å². The van der Waals surface area contributed by atoms with Gasteiger partial charge in [-0.05, 0) is 54.6 Å². The molecular formula is C24H27N3O2. The molecule has 3 aromatic rings. The molecule has 0 radical (unpaired) electrons. The van der Waals surface area contributed by atoms with E-state index in [1.165, 1.54) is 31.2 Å². The van der Waals surface area contributed by atoms with Gasteiger partial charge in [0, 0.05) is 18.6 Å². The number of aromatic amines is 1. The molecule has 2 heterocycles. The Labute approximate surface area is 170 Å². The summed E-state index contributed by atoms with van der Waals surface area (Å²) in [7, 11) is 0. The van der Waals surface area contributed by atoms with Crippen LogP contribution in [0.25, 0.3) is 10.9 Å². The number of nitrogens with one attached hydrogen (secondary N) is 2. The van der Waals surface area contributed by atoms with Gasteiger partial charge in [0.05, 0.1) is 0 Å². The zero-order valence-electron chi connectivity index (χ0n) is 16.6. The van der Waals surface area contributed by atoms with Crippen LogP contribution in [-0.4, -0.2) is 28.9 Å². The van der Waals surface area contributed by atoms with Crippen LogP contribution < -0.4 is 10.9 Å². The number of hydrogen-bond acceptors (Lipinski definition) is 3. The van der Waals surface area contributed by atoms with Gasteiger partial charge in [0.15, 0.2) is 0 Å². The predicted molar refractivity (Wildman–Crippen MR) is 116 cm³/mol. The number of carbonyl (C=O) groups excluding carboxylic acids is 1. The van der Waals surface area contributed by atoms with E-state index in [2.05, 4.69) is 27.3 Å². The van der Waals surface area contributed by atoms with Crippen molar-refractivity contribution in [2.75, 3.05) is 13.1 Å². The summed E-state index contributed by atoms with van der Waals surface area (Å²) in [5.41, 5.74) is 2.82. The Hall–Kier alpha value is -2.92. The SMILES string of the molecule is O=C(NCc1cccc(CN2CCCCCC2)c1)c1cc2ccccc2[nH]c1=O. The van der Waals surface area contributed by atoms with Crippen molar-refractivity contribution in [1.82, 2.24) is 15.2 Å². The maximum absolute atomic E-state index is 12.6. The van der Waals surface area contributed by atoms with Crippen molar-refractivity contribution < 1.29 is 4.79 Å². The number of fused-ring (bicyclic) bond motifs is 1. The molecule has 1 aliphatic heterocycles. The molecular weight excluding hydrogens is 362 g/mol. The zero-order valence-corrected chi connectivity index (χ0v) is 16.6. The third kappa shape index (κ3) is 4.93. The highest BCUT2D eigenvalue weighted by atomic mass is 16.2. The van der Waals surface area contributed by atoms with Gasteiger partial charge in [-0.25, -0.2) is 0 Å². The van der Waals surface area contributed by atoms with Gasteiger partial charge in [0.2, 0.25) is 0 Å². The van der Waals surface area contributed by atoms with E-state index in [4.69, 9.17) is 0 Å². The number of nitrogens with zero attached hydrogens (tertiary/aromatic N) is 1. The molecule has 1 aliphatic rings. The molecule has 4 rings (SSSR count). The molecule has 1 amide bonds. The normalized spacial score (nSPS) is 15.2. The summed E-state index contributed by atoms with van der Waals surface area (Å²) in [5, 5.41) is 3.73. The van der Waals surface area contributed by atoms with Gasteiger partial charge in [-0.15, -0.1) is 0 Å². The Morgan fingerprint density at radius 1 is 0.931 bits per heavy atom. The lowest BCUT2D eigenvalue weighted by molar-refractivity contribution is 0.0949. The summed E-state index contributed by atoms with van der Waals surface area (Å²) < 4.78 is 0. The molecule has 0 aliphatic carbocycles. The molecule has 150 valence electrons. The second kappa shape index (κ2) is 9.05. The number of para-hydroxylation sites is 1. The number of rotatable bonds is 5. The van der Waals surface area contributed by atoms with Gasteiger partial charge in [-0.2, -0.15) is 0 Å². The summed E-state index contributed by atoms with van der Waals surface area (Å²) in [6.45, 7) is 3.67. The minimum atomic E-state index is -0.365. The molecule has 1 fully saturated rings. The first-order valence-electron chi connectivity index (χ1n) is 10.4. The summed E-state index contributed by atoms with van der Waals surface area (Å²) in [4.78, 5) is 30.1. The fourth-order valence-corrected chi connectivity index (χ4v) is 3.98. The Morgan fingerprint density at radius 2 is 1.69 bits per heavy atom. The fourth-order valence-electron chi connectivity index (χ4n) is 3.98. The fraction of sp³-hybridized carbons (Fsp3) is 0.333. The van der Waals surface area contributed by atoms with Gasteiger partial charge in [0.25, 0.3) is 11.5 Å². The number of carbonyl (C=O) groups is 1. The van der Waals surface area contributed by atoms with Crippen LogP contribution in [0, 0.1) is 0 Å². The Bertz CT molecular complexity index is 1050. The van der Waals surface area contributed by atoms with E-state index >= 15 is 0 Å². The van der Waals surface area contributed by atoms with Crippen molar-refractivity contribution >= 4 is 16.8 Å². The highest BCUT2D eigenvalue weighted by Crippen LogP contribution is 2.15. The molecule has 0 unspecified atom stereocenters. The number of likely N-dealkylation sites (tertiary alicyclic amines) is 1. The third-order valence-electron chi connectivity index (χ3n) is 5.55. The molecule has 5 heteroatoms. The van der Waals surface area contributed by atoms with Crippen molar-refractivity contribution in [3.05, 3.63) is 81.6 Å². The van der Waals surface area contributed by atoms with Crippen LogP contribution in [0.4, 0.5) is 0 Å². The van der Waals surface area contributed by atoms with Gasteiger partial charge < -0.3 is 10.3 Å². The molecule has 2 aromatic carbocycles. The number of pyridine rings is 1. The number of benzene rings is 2. The lowest BCUT2D eigenvalue weighted by atomic mass is 10.1. The van der Waals surface area contributed by atoms with Gasteiger partial charge in [-0.1, -0.05) is 55.3 Å². The Balaban J connectivity index is 1.41. The number of aromatic nitrogens is 1. The molecule has 0 saturated carbocycles. The van der Waals surface area contributed by atoms with E-state index in [1.54, 1.807) is 6.07 Å². The first kappa shape index (κ1) is 19.4. The molecule has 5 nitrogen and oxygen atoms in total. The molecule has 0 spiro atoms. The van der Waals surface area contributed by atoms with Gasteiger partial charge >= 0.3 is 0 Å². The van der Waals surface area contributed by atoms with Crippen molar-refractivity contribution in [2.45, 2.75) is 38.8 Å². The van der Waals surface area contributed by atoms with Crippen molar-refractivity contribution in [3.63, 3.8) is 0 Å². The second-order valence-electron chi connectivity index (χ2n) is 7.79. The van der Waals surface area contributed by atoms with Crippen molar-refractivity contribution in [1.29, 1.82) is 0 Å². The highest BCUT2D eigenvalue weighted by molar-refractivity contribution is 5.97. The van der Waals surface area contributed by atoms with Crippen LogP contribution in [0.15, 0.2) is 59.4 Å². The summed E-state index contributed by atoms with van der Waals surface area (Å²) in [6, 6.07) is 17.4. The minimum absolute atomic E-state index is 0.143. The van der Waals surface area contributed by atoms with E-state index in [0.717, 1.165) is 36.1 Å². The minimum Gasteiger partial charge on any atom is -0.348 e. The predicted octanol–water partition coefficient (Wildman–Crippen LogP) is 3.83. The van der Waals surface area contributed by atoms with E-state index in [1.807, 2.05) is 36.4 Å². The largest absolute Gasteiger partial charge is 0.348 e. The van der Waals surface area contributed by atoms with Gasteiger partial charge in [-0.3, -0.25) is 14.5 Å². The lowest BCUT2D eigenvalue weighted by Crippen LogP contribution is -2.29. The van der Waals surface area contributed by atoms with E-state index in [0.29, 0.717) is 6.54 Å². The smallest absolute Gasteiger partial charge is 0.261 e. The summed E-state index contributed by atoms with van der Waals surface area (Å²) >= 11 is 0. The number of H-pyrrole nitrogens is 1. The molecule has 2 N–H and O–H groups in total. The molecule has 29 heavy (non-hydrogen) atoms. The van der Waals surface area contributed by atoms with Crippen LogP contribution in [0.5, 0.6) is 0 Å². The van der Waals surface area contributed by atoms with Crippen LogP contribution >= 0.6 is 0 Å². The molecule has 0 bridgehead atoms. The first-order chi connectivity index (χ1) is 14.2. The van der Waals surface area contributed by atoms with E-state index in [9.17, 15) is 9.59 Å². The maximum atomic E-state index is 12.6. The summed E-state index contributed by atoms with van der Waals surface area (Å²) in [5.74, 6) is -0.352. The summed E-state index contributed by atoms with van der Waals surface area (Å²) in [6.07, 6.45) is 5.21. The lowest BCUT2D eigenvalue weighted by Gasteiger charge is -2.20. The highest BCUT2D eigenvalue weighted by Gasteiger charge is 2.12. The average molecular weight is 389 g/mol. The number of amides is 1. The second-order valence-corrected chi connectivity index (χ2v) is 7.79. The topological polar surface area (TPSA) is 65.2 Å². The monoisotopic (exact) mass is 389 g/mol. The third-order valence-corrected chi connectivity index (χ3v) is 5.55. The van der Waals surface area contributed by atoms with Crippen LogP contribution in [0.2, 0.25) is 0 Å². The Morgan fingerprint density at radius 3 is 2.52 bits per heavy atom. The first-order valence-corrected chi connectivity index (χ1v) is 10.4. The zero-order chi connectivity index (χ0) is 20.1. The average Bonchev–Trinajstić information content (AvgIpc) is 3.00. The molecule has 1 aromatic heterocycles. The van der Waals surface area contributed by atoms with Crippen molar-refractivity contribution in [2.24, 2.45) is 0 Å². The van der Waals surface area contributed by atoms with Crippen LogP contribution in [0.1, 0.15) is 47.2 Å². The maximum Gasteiger partial charge on any atom is 0.261 e. The quantitative estimate of drug-likeness (QED) is 0.697. The van der Waals surface area contributed by atoms with E-state index < -0.39 is 0 Å². The standard InChI is InChI=1S/C24H27N3O2/c28-23(21-15-20-10-3-4-11-22(20)26-24(21)29)25-16-18-8-7-9-19(14-18)17-27-12-5-1-2-6-13-27/h3-4,7-11,14-15H,1-2,5-6,12-13,16-17H2,(H,25,28)(H,26,29). The van der Waals surface area contributed by atoms with Crippen LogP contribution in [-0.2, 0) is 13.1 Å². The van der Waals surface area contributed by atoms with Crippen molar-refractivity contribution in [3.8, 4) is 0 Å². The van der Waals surface area contributed by atoms with E-state index in [-0.39, 0.29) is 17.0 Å².